The van der Waals surface area contributed by atoms with Gasteiger partial charge in [-0.15, -0.1) is 0 Å². The van der Waals surface area contributed by atoms with Crippen molar-refractivity contribution in [1.82, 2.24) is 9.97 Å². The zero-order valence-corrected chi connectivity index (χ0v) is 11.4. The molecule has 0 saturated carbocycles. The van der Waals surface area contributed by atoms with Crippen molar-refractivity contribution in [2.45, 2.75) is 6.42 Å². The van der Waals surface area contributed by atoms with Crippen LogP contribution < -0.4 is 10.0 Å². The zero-order valence-electron chi connectivity index (χ0n) is 10.6. The smallest absolute Gasteiger partial charge is 0.227 e. The third-order valence-corrected chi connectivity index (χ3v) is 4.32. The number of nitrogens with zero attached hydrogens (tertiary/aromatic N) is 2. The van der Waals surface area contributed by atoms with E-state index in [1.54, 1.807) is 17.3 Å². The van der Waals surface area contributed by atoms with Crippen molar-refractivity contribution < 1.29 is 13.2 Å². The molecule has 0 aliphatic carbocycles. The number of carbonyl (C=O) groups excluding carboxylic acids is 1. The van der Waals surface area contributed by atoms with E-state index in [1.807, 2.05) is 12.1 Å². The summed E-state index contributed by atoms with van der Waals surface area (Å²) in [6.45, 7) is 0.370. The standard InChI is InChI=1S/C12H14N4O3S/c13-20(18,19)6-8-3-12(17)16(5-8)9-1-2-10-11(4-9)15-7-14-10/h1-2,4,7-8H,3,5-6H2,(H,14,15)(H2,13,18,19). The largest absolute Gasteiger partial charge is 0.345 e. The second-order valence-corrected chi connectivity index (χ2v) is 6.67. The summed E-state index contributed by atoms with van der Waals surface area (Å²) in [5.41, 5.74) is 2.40. The van der Waals surface area contributed by atoms with Crippen molar-refractivity contribution in [2.24, 2.45) is 11.1 Å². The lowest BCUT2D eigenvalue weighted by Gasteiger charge is -2.16. The Morgan fingerprint density at radius 2 is 2.25 bits per heavy atom. The third-order valence-electron chi connectivity index (χ3n) is 3.39. The molecule has 1 fully saturated rings. The summed E-state index contributed by atoms with van der Waals surface area (Å²) < 4.78 is 22.2. The highest BCUT2D eigenvalue weighted by Crippen LogP contribution is 2.27. The summed E-state index contributed by atoms with van der Waals surface area (Å²) in [6, 6.07) is 5.46. The molecule has 0 radical (unpaired) electrons. The number of primary sulfonamides is 1. The van der Waals surface area contributed by atoms with Crippen LogP contribution in [-0.4, -0.2) is 36.6 Å². The van der Waals surface area contributed by atoms with Gasteiger partial charge < -0.3 is 9.88 Å². The molecule has 1 aliphatic rings. The molecule has 1 atom stereocenters. The number of H-pyrrole nitrogens is 1. The first kappa shape index (κ1) is 13.1. The molecule has 1 unspecified atom stereocenters. The summed E-state index contributed by atoms with van der Waals surface area (Å²) >= 11 is 0. The predicted molar refractivity (Wildman–Crippen MR) is 74.5 cm³/mol. The Bertz CT molecular complexity index is 768. The highest BCUT2D eigenvalue weighted by atomic mass is 32.2. The number of aromatic nitrogens is 2. The fourth-order valence-electron chi connectivity index (χ4n) is 2.56. The van der Waals surface area contributed by atoms with Crippen LogP contribution in [0.1, 0.15) is 6.42 Å². The molecule has 1 saturated heterocycles. The first-order valence-corrected chi connectivity index (χ1v) is 7.88. The van der Waals surface area contributed by atoms with E-state index >= 15 is 0 Å². The Morgan fingerprint density at radius 3 is 3.00 bits per heavy atom. The minimum Gasteiger partial charge on any atom is -0.345 e. The number of carbonyl (C=O) groups is 1. The molecule has 2 aromatic rings. The first-order valence-electron chi connectivity index (χ1n) is 6.16. The number of imidazole rings is 1. The SMILES string of the molecule is NS(=O)(=O)CC1CC(=O)N(c2ccc3nc[nH]c3c2)C1. The highest BCUT2D eigenvalue weighted by molar-refractivity contribution is 7.89. The van der Waals surface area contributed by atoms with E-state index in [0.29, 0.717) is 6.54 Å². The van der Waals surface area contributed by atoms with Crippen LogP contribution in [0.15, 0.2) is 24.5 Å². The fraction of sp³-hybridized carbons (Fsp3) is 0.333. The molecule has 0 bridgehead atoms. The first-order chi connectivity index (χ1) is 9.42. The van der Waals surface area contributed by atoms with Gasteiger partial charge in [0.15, 0.2) is 0 Å². The minimum atomic E-state index is -3.56. The van der Waals surface area contributed by atoms with E-state index < -0.39 is 10.0 Å². The number of hydrogen-bond donors (Lipinski definition) is 2. The summed E-state index contributed by atoms with van der Waals surface area (Å²) in [7, 11) is -3.56. The van der Waals surface area contributed by atoms with Crippen molar-refractivity contribution in [2.75, 3.05) is 17.2 Å². The molecule has 1 amide bonds. The molecule has 1 aromatic carbocycles. The van der Waals surface area contributed by atoms with E-state index in [2.05, 4.69) is 9.97 Å². The Labute approximate surface area is 115 Å². The predicted octanol–water partition coefficient (Wildman–Crippen LogP) is 0.204. The molecular formula is C12H14N4O3S. The summed E-state index contributed by atoms with van der Waals surface area (Å²) in [6.07, 6.45) is 1.79. The maximum absolute atomic E-state index is 12.0. The Morgan fingerprint density at radius 1 is 1.45 bits per heavy atom. The molecule has 3 rings (SSSR count). The van der Waals surface area contributed by atoms with Gasteiger partial charge in [-0.1, -0.05) is 0 Å². The number of nitrogens with two attached hydrogens (primary N) is 1. The minimum absolute atomic E-state index is 0.0856. The number of nitrogens with one attached hydrogen (secondary N) is 1. The second-order valence-electron chi connectivity index (χ2n) is 5.01. The number of amides is 1. The van der Waals surface area contributed by atoms with Crippen LogP contribution in [0.5, 0.6) is 0 Å². The molecule has 0 spiro atoms. The number of anilines is 1. The Balaban J connectivity index is 1.85. The molecule has 1 aromatic heterocycles. The number of fused-ring (bicyclic) bond motifs is 1. The van der Waals surface area contributed by atoms with E-state index in [9.17, 15) is 13.2 Å². The molecule has 20 heavy (non-hydrogen) atoms. The van der Waals surface area contributed by atoms with Gasteiger partial charge in [0.25, 0.3) is 0 Å². The normalized spacial score (nSPS) is 19.9. The molecule has 2 heterocycles. The fourth-order valence-corrected chi connectivity index (χ4v) is 3.44. The van der Waals surface area contributed by atoms with Crippen LogP contribution in [0, 0.1) is 5.92 Å². The van der Waals surface area contributed by atoms with Gasteiger partial charge in [-0.2, -0.15) is 0 Å². The number of benzene rings is 1. The summed E-state index contributed by atoms with van der Waals surface area (Å²) in [5, 5.41) is 5.03. The van der Waals surface area contributed by atoms with Crippen molar-refractivity contribution >= 4 is 32.7 Å². The summed E-state index contributed by atoms with van der Waals surface area (Å²) in [5.74, 6) is -0.505. The van der Waals surface area contributed by atoms with E-state index in [-0.39, 0.29) is 24.0 Å². The number of hydrogen-bond acceptors (Lipinski definition) is 4. The maximum atomic E-state index is 12.0. The van der Waals surface area contributed by atoms with Gasteiger partial charge in [-0.3, -0.25) is 4.79 Å². The van der Waals surface area contributed by atoms with Gasteiger partial charge >= 0.3 is 0 Å². The third kappa shape index (κ3) is 2.52. The molecule has 8 heteroatoms. The lowest BCUT2D eigenvalue weighted by molar-refractivity contribution is -0.117. The van der Waals surface area contributed by atoms with Gasteiger partial charge in [-0.25, -0.2) is 18.5 Å². The second kappa shape index (κ2) is 4.57. The van der Waals surface area contributed by atoms with Crippen molar-refractivity contribution in [3.8, 4) is 0 Å². The Kier molecular flexibility index (Phi) is 2.98. The van der Waals surface area contributed by atoms with Gasteiger partial charge in [0.2, 0.25) is 15.9 Å². The van der Waals surface area contributed by atoms with Crippen molar-refractivity contribution in [3.63, 3.8) is 0 Å². The van der Waals surface area contributed by atoms with Crippen molar-refractivity contribution in [1.29, 1.82) is 0 Å². The molecule has 7 nitrogen and oxygen atoms in total. The van der Waals surface area contributed by atoms with E-state index in [1.165, 1.54) is 0 Å². The van der Waals surface area contributed by atoms with Gasteiger partial charge in [0.05, 0.1) is 23.1 Å². The van der Waals surface area contributed by atoms with Crippen LogP contribution in [-0.2, 0) is 14.8 Å². The Hall–Kier alpha value is -1.93. The van der Waals surface area contributed by atoms with Gasteiger partial charge in [0, 0.05) is 24.6 Å². The number of rotatable bonds is 3. The summed E-state index contributed by atoms with van der Waals surface area (Å²) in [4.78, 5) is 20.7. The lowest BCUT2D eigenvalue weighted by Crippen LogP contribution is -2.27. The van der Waals surface area contributed by atoms with Crippen LogP contribution in [0.25, 0.3) is 11.0 Å². The zero-order chi connectivity index (χ0) is 14.3. The lowest BCUT2D eigenvalue weighted by atomic mass is 10.1. The van der Waals surface area contributed by atoms with Crippen molar-refractivity contribution in [3.05, 3.63) is 24.5 Å². The molecule has 106 valence electrons. The molecule has 3 N–H and O–H groups in total. The van der Waals surface area contributed by atoms with E-state index in [0.717, 1.165) is 16.7 Å². The van der Waals surface area contributed by atoms with Crippen LogP contribution in [0.4, 0.5) is 5.69 Å². The topological polar surface area (TPSA) is 109 Å². The van der Waals surface area contributed by atoms with Crippen LogP contribution >= 0.6 is 0 Å². The molecular weight excluding hydrogens is 280 g/mol. The van der Waals surface area contributed by atoms with Gasteiger partial charge in [-0.05, 0) is 18.2 Å². The average Bonchev–Trinajstić information content (AvgIpc) is 2.92. The number of sulfonamides is 1. The monoisotopic (exact) mass is 294 g/mol. The quantitative estimate of drug-likeness (QED) is 0.843. The van der Waals surface area contributed by atoms with Crippen LogP contribution in [0.3, 0.4) is 0 Å². The number of aromatic amines is 1. The maximum Gasteiger partial charge on any atom is 0.227 e. The van der Waals surface area contributed by atoms with Crippen LogP contribution in [0.2, 0.25) is 0 Å². The van der Waals surface area contributed by atoms with Gasteiger partial charge in [0.1, 0.15) is 0 Å². The average molecular weight is 294 g/mol. The molecule has 1 aliphatic heterocycles. The highest BCUT2D eigenvalue weighted by Gasteiger charge is 2.32. The van der Waals surface area contributed by atoms with E-state index in [4.69, 9.17) is 5.14 Å².